The maximum atomic E-state index is 12.4. The standard InChI is InChI=1S/C15H27N3O5S/c1-4-7-23-9-15(20)18-6-5-17(8-14(19)16(2)3)12-10-24(21,22)11-13(12)18/h12-13H,4-11H2,1-3H3/t12-,13+/m0/s1. The quantitative estimate of drug-likeness (QED) is 0.553. The van der Waals surface area contributed by atoms with Crippen LogP contribution in [0, 0.1) is 0 Å². The molecule has 0 aromatic heterocycles. The molecular formula is C15H27N3O5S. The predicted octanol–water partition coefficient (Wildman–Crippen LogP) is -1.19. The monoisotopic (exact) mass is 361 g/mol. The topological polar surface area (TPSA) is 87.2 Å². The van der Waals surface area contributed by atoms with E-state index in [-0.39, 0.29) is 42.5 Å². The zero-order chi connectivity index (χ0) is 17.9. The number of likely N-dealkylation sites (N-methyl/N-ethyl adjacent to an activating group) is 1. The number of sulfone groups is 1. The molecule has 24 heavy (non-hydrogen) atoms. The van der Waals surface area contributed by atoms with E-state index in [0.717, 1.165) is 6.42 Å². The van der Waals surface area contributed by atoms with Gasteiger partial charge in [0.1, 0.15) is 6.61 Å². The molecule has 2 fully saturated rings. The Morgan fingerprint density at radius 2 is 1.83 bits per heavy atom. The fraction of sp³-hybridized carbons (Fsp3) is 0.867. The van der Waals surface area contributed by atoms with Gasteiger partial charge in [-0.1, -0.05) is 6.92 Å². The van der Waals surface area contributed by atoms with Gasteiger partial charge >= 0.3 is 0 Å². The summed E-state index contributed by atoms with van der Waals surface area (Å²) in [4.78, 5) is 29.4. The van der Waals surface area contributed by atoms with Crippen molar-refractivity contribution in [2.45, 2.75) is 25.4 Å². The Morgan fingerprint density at radius 3 is 2.46 bits per heavy atom. The van der Waals surface area contributed by atoms with Crippen molar-refractivity contribution in [1.29, 1.82) is 0 Å². The van der Waals surface area contributed by atoms with E-state index in [1.165, 1.54) is 4.90 Å². The Bertz CT molecular complexity index is 578. The first-order chi connectivity index (χ1) is 11.2. The van der Waals surface area contributed by atoms with Gasteiger partial charge in [-0.05, 0) is 6.42 Å². The first-order valence-corrected chi connectivity index (χ1v) is 10.1. The molecule has 0 saturated carbocycles. The van der Waals surface area contributed by atoms with Crippen molar-refractivity contribution >= 4 is 21.7 Å². The highest BCUT2D eigenvalue weighted by molar-refractivity contribution is 7.91. The van der Waals surface area contributed by atoms with Crippen molar-refractivity contribution < 1.29 is 22.7 Å². The average Bonchev–Trinajstić information content (AvgIpc) is 2.82. The lowest BCUT2D eigenvalue weighted by Gasteiger charge is -2.43. The number of amides is 2. The number of carbonyl (C=O) groups excluding carboxylic acids is 2. The van der Waals surface area contributed by atoms with Crippen LogP contribution in [0.3, 0.4) is 0 Å². The van der Waals surface area contributed by atoms with Gasteiger partial charge in [0, 0.05) is 39.8 Å². The van der Waals surface area contributed by atoms with Gasteiger partial charge in [-0.3, -0.25) is 14.5 Å². The molecule has 0 aromatic rings. The molecule has 2 aliphatic heterocycles. The van der Waals surface area contributed by atoms with Gasteiger partial charge in [-0.15, -0.1) is 0 Å². The zero-order valence-corrected chi connectivity index (χ0v) is 15.4. The van der Waals surface area contributed by atoms with Crippen molar-refractivity contribution in [1.82, 2.24) is 14.7 Å². The smallest absolute Gasteiger partial charge is 0.248 e. The van der Waals surface area contributed by atoms with Crippen molar-refractivity contribution in [3.63, 3.8) is 0 Å². The number of fused-ring (bicyclic) bond motifs is 1. The van der Waals surface area contributed by atoms with Crippen LogP contribution in [0.15, 0.2) is 0 Å². The summed E-state index contributed by atoms with van der Waals surface area (Å²) in [6.45, 7) is 3.55. The summed E-state index contributed by atoms with van der Waals surface area (Å²) < 4.78 is 29.5. The van der Waals surface area contributed by atoms with Gasteiger partial charge in [0.25, 0.3) is 0 Å². The molecule has 2 saturated heterocycles. The van der Waals surface area contributed by atoms with Crippen molar-refractivity contribution in [2.24, 2.45) is 0 Å². The highest BCUT2D eigenvalue weighted by atomic mass is 32.2. The van der Waals surface area contributed by atoms with Gasteiger partial charge in [0.05, 0.1) is 24.1 Å². The number of hydrogen-bond acceptors (Lipinski definition) is 6. The molecular weight excluding hydrogens is 334 g/mol. The summed E-state index contributed by atoms with van der Waals surface area (Å²) in [6.07, 6.45) is 0.828. The van der Waals surface area contributed by atoms with E-state index in [4.69, 9.17) is 4.74 Å². The van der Waals surface area contributed by atoms with Gasteiger partial charge in [0.15, 0.2) is 9.84 Å². The summed E-state index contributed by atoms with van der Waals surface area (Å²) in [5.74, 6) is -0.278. The third kappa shape index (κ3) is 4.46. The van der Waals surface area contributed by atoms with Crippen molar-refractivity contribution in [3.05, 3.63) is 0 Å². The van der Waals surface area contributed by atoms with Crippen LogP contribution in [0.2, 0.25) is 0 Å². The highest BCUT2D eigenvalue weighted by Crippen LogP contribution is 2.27. The molecule has 9 heteroatoms. The molecule has 2 heterocycles. The van der Waals surface area contributed by atoms with Crippen LogP contribution in [0.25, 0.3) is 0 Å². The van der Waals surface area contributed by atoms with Crippen molar-refractivity contribution in [3.8, 4) is 0 Å². The molecule has 0 aliphatic carbocycles. The van der Waals surface area contributed by atoms with E-state index in [2.05, 4.69) is 0 Å². The number of nitrogens with zero attached hydrogens (tertiary/aromatic N) is 3. The highest BCUT2D eigenvalue weighted by Gasteiger charge is 2.48. The summed E-state index contributed by atoms with van der Waals surface area (Å²) in [6, 6.07) is -0.709. The predicted molar refractivity (Wildman–Crippen MR) is 89.3 cm³/mol. The van der Waals surface area contributed by atoms with E-state index in [9.17, 15) is 18.0 Å². The van der Waals surface area contributed by atoms with Crippen LogP contribution >= 0.6 is 0 Å². The molecule has 0 N–H and O–H groups in total. The second-order valence-corrected chi connectivity index (χ2v) is 8.76. The fourth-order valence-corrected chi connectivity index (χ4v) is 5.24. The number of hydrogen-bond donors (Lipinski definition) is 0. The van der Waals surface area contributed by atoms with Crippen LogP contribution in [-0.2, 0) is 24.2 Å². The molecule has 0 bridgehead atoms. The molecule has 8 nitrogen and oxygen atoms in total. The van der Waals surface area contributed by atoms with Crippen LogP contribution in [0.5, 0.6) is 0 Å². The Balaban J connectivity index is 2.09. The minimum absolute atomic E-state index is 0.00201. The van der Waals surface area contributed by atoms with Gasteiger partial charge in [-0.2, -0.15) is 0 Å². The maximum Gasteiger partial charge on any atom is 0.248 e. The van der Waals surface area contributed by atoms with Gasteiger partial charge in [0.2, 0.25) is 11.8 Å². The van der Waals surface area contributed by atoms with Crippen molar-refractivity contribution in [2.75, 3.05) is 58.4 Å². The minimum Gasteiger partial charge on any atom is -0.372 e. The average molecular weight is 361 g/mol. The molecule has 0 unspecified atom stereocenters. The van der Waals surface area contributed by atoms with E-state index < -0.39 is 15.9 Å². The zero-order valence-electron chi connectivity index (χ0n) is 14.6. The Kier molecular flexibility index (Phi) is 6.22. The van der Waals surface area contributed by atoms with E-state index in [0.29, 0.717) is 19.7 Å². The molecule has 2 rings (SSSR count). The van der Waals surface area contributed by atoms with Crippen LogP contribution in [0.4, 0.5) is 0 Å². The van der Waals surface area contributed by atoms with E-state index >= 15 is 0 Å². The first kappa shape index (κ1) is 19.1. The molecule has 138 valence electrons. The third-order valence-electron chi connectivity index (χ3n) is 4.52. The lowest BCUT2D eigenvalue weighted by molar-refractivity contribution is -0.143. The molecule has 2 aliphatic rings. The van der Waals surface area contributed by atoms with Gasteiger partial charge in [-0.25, -0.2) is 8.42 Å². The Morgan fingerprint density at radius 1 is 1.17 bits per heavy atom. The summed E-state index contributed by atoms with van der Waals surface area (Å²) in [5, 5.41) is 0. The second kappa shape index (κ2) is 7.79. The molecule has 0 aromatic carbocycles. The van der Waals surface area contributed by atoms with Crippen LogP contribution < -0.4 is 0 Å². The molecule has 2 amide bonds. The number of ether oxygens (including phenoxy) is 1. The normalized spacial score (nSPS) is 26.2. The lowest BCUT2D eigenvalue weighted by atomic mass is 10.0. The Labute approximate surface area is 143 Å². The molecule has 0 radical (unpaired) electrons. The molecule has 0 spiro atoms. The lowest BCUT2D eigenvalue weighted by Crippen LogP contribution is -2.62. The Hall–Kier alpha value is -1.19. The van der Waals surface area contributed by atoms with Crippen LogP contribution in [-0.4, -0.2) is 105 Å². The summed E-state index contributed by atoms with van der Waals surface area (Å²) in [7, 11) is 0.143. The number of rotatable bonds is 6. The molecule has 2 atom stereocenters. The second-order valence-electron chi connectivity index (χ2n) is 6.61. The first-order valence-electron chi connectivity index (χ1n) is 8.27. The summed E-state index contributed by atoms with van der Waals surface area (Å²) in [5.41, 5.74) is 0. The van der Waals surface area contributed by atoms with E-state index in [1.54, 1.807) is 19.0 Å². The number of piperazine rings is 1. The van der Waals surface area contributed by atoms with Crippen LogP contribution in [0.1, 0.15) is 13.3 Å². The van der Waals surface area contributed by atoms with E-state index in [1.807, 2.05) is 11.8 Å². The van der Waals surface area contributed by atoms with Gasteiger partial charge < -0.3 is 14.5 Å². The third-order valence-corrected chi connectivity index (χ3v) is 6.22. The maximum absolute atomic E-state index is 12.4. The fourth-order valence-electron chi connectivity index (χ4n) is 3.23. The minimum atomic E-state index is -3.21. The SMILES string of the molecule is CCCOCC(=O)N1CCN(CC(=O)N(C)C)[C@H]2CS(=O)(=O)C[C@H]21. The summed E-state index contributed by atoms with van der Waals surface area (Å²) >= 11 is 0. The largest absolute Gasteiger partial charge is 0.372 e. The number of carbonyl (C=O) groups is 2.